The second-order valence-electron chi connectivity index (χ2n) is 6.73. The van der Waals surface area contributed by atoms with Crippen molar-refractivity contribution >= 4 is 15.9 Å². The molecule has 1 heterocycles. The smallest absolute Gasteiger partial charge is 0.301 e. The lowest BCUT2D eigenvalue weighted by Gasteiger charge is -2.26. The highest BCUT2D eigenvalue weighted by molar-refractivity contribution is 7.90. The molecule has 2 aromatic carbocycles. The molecule has 1 saturated heterocycles. The summed E-state index contributed by atoms with van der Waals surface area (Å²) >= 11 is 0. The van der Waals surface area contributed by atoms with Crippen molar-refractivity contribution in [2.45, 2.75) is 18.8 Å². The van der Waals surface area contributed by atoms with Crippen molar-refractivity contribution in [3.05, 3.63) is 54.1 Å². The molecule has 0 radical (unpaired) electrons. The summed E-state index contributed by atoms with van der Waals surface area (Å²) in [5.41, 5.74) is 4.12. The third kappa shape index (κ3) is 3.86. The van der Waals surface area contributed by atoms with Gasteiger partial charge in [-0.1, -0.05) is 36.4 Å². The Morgan fingerprint density at radius 2 is 1.68 bits per heavy atom. The predicted molar refractivity (Wildman–Crippen MR) is 101 cm³/mol. The van der Waals surface area contributed by atoms with Gasteiger partial charge in [0.1, 0.15) is 0 Å². The number of nitrogens with one attached hydrogen (secondary N) is 2. The fourth-order valence-corrected chi connectivity index (χ4v) is 4.44. The number of hydrogen-bond donors (Lipinski definition) is 2. The summed E-state index contributed by atoms with van der Waals surface area (Å²) in [5, 5.41) is 3.16. The van der Waals surface area contributed by atoms with E-state index in [1.807, 2.05) is 18.2 Å². The number of rotatable bonds is 5. The number of nitrogens with zero attached hydrogens (tertiary/aromatic N) is 1. The first kappa shape index (κ1) is 16.6. The molecule has 0 spiro atoms. The van der Waals surface area contributed by atoms with Gasteiger partial charge in [-0.25, -0.2) is 0 Å². The summed E-state index contributed by atoms with van der Waals surface area (Å²) in [5.74, 6) is 0.742. The van der Waals surface area contributed by atoms with Crippen LogP contribution in [-0.4, -0.2) is 38.9 Å². The SMILES string of the molecule is O=S(=O)(Nc1cccc(-c2ccc(C3CC3)cc2)c1)N1CCNCC1. The van der Waals surface area contributed by atoms with Gasteiger partial charge in [0.2, 0.25) is 0 Å². The van der Waals surface area contributed by atoms with Crippen LogP contribution in [0.4, 0.5) is 5.69 Å². The maximum absolute atomic E-state index is 12.5. The zero-order chi connectivity index (χ0) is 17.3. The molecule has 0 bridgehead atoms. The quantitative estimate of drug-likeness (QED) is 0.865. The maximum atomic E-state index is 12.5. The Hall–Kier alpha value is -1.89. The van der Waals surface area contributed by atoms with Gasteiger partial charge in [-0.15, -0.1) is 0 Å². The minimum absolute atomic E-state index is 0.498. The van der Waals surface area contributed by atoms with Crippen LogP contribution in [0.25, 0.3) is 11.1 Å². The Labute approximate surface area is 149 Å². The van der Waals surface area contributed by atoms with Crippen LogP contribution in [0.3, 0.4) is 0 Å². The topological polar surface area (TPSA) is 61.4 Å². The van der Waals surface area contributed by atoms with E-state index >= 15 is 0 Å². The molecular formula is C19H23N3O2S. The van der Waals surface area contributed by atoms with E-state index in [1.54, 1.807) is 6.07 Å². The monoisotopic (exact) mass is 357 g/mol. The second kappa shape index (κ2) is 6.78. The standard InChI is InChI=1S/C19H23N3O2S/c23-25(24,22-12-10-20-11-13-22)21-19-3-1-2-18(14-19)17-8-6-16(7-9-17)15-4-5-15/h1-3,6-9,14-15,20-21H,4-5,10-13H2. The van der Waals surface area contributed by atoms with E-state index in [1.165, 1.54) is 22.7 Å². The van der Waals surface area contributed by atoms with Crippen LogP contribution in [0.15, 0.2) is 48.5 Å². The molecule has 1 aliphatic carbocycles. The Bertz CT molecular complexity index is 839. The summed E-state index contributed by atoms with van der Waals surface area (Å²) < 4.78 is 29.2. The minimum atomic E-state index is -3.50. The zero-order valence-corrected chi connectivity index (χ0v) is 14.9. The highest BCUT2D eigenvalue weighted by atomic mass is 32.2. The van der Waals surface area contributed by atoms with E-state index in [0.29, 0.717) is 31.9 Å². The first-order valence-corrected chi connectivity index (χ1v) is 10.2. The molecule has 0 amide bonds. The van der Waals surface area contributed by atoms with Crippen LogP contribution in [0.2, 0.25) is 0 Å². The largest absolute Gasteiger partial charge is 0.314 e. The first-order chi connectivity index (χ1) is 12.1. The lowest BCUT2D eigenvalue weighted by Crippen LogP contribution is -2.48. The van der Waals surface area contributed by atoms with Crippen LogP contribution in [0.5, 0.6) is 0 Å². The molecule has 0 unspecified atom stereocenters. The number of hydrogen-bond acceptors (Lipinski definition) is 3. The van der Waals surface area contributed by atoms with Crippen LogP contribution in [-0.2, 0) is 10.2 Å². The van der Waals surface area contributed by atoms with Crippen molar-refractivity contribution in [2.24, 2.45) is 0 Å². The third-order valence-electron chi connectivity index (χ3n) is 4.82. The summed E-state index contributed by atoms with van der Waals surface area (Å²) in [7, 11) is -3.50. The molecule has 4 rings (SSSR count). The fraction of sp³-hybridized carbons (Fsp3) is 0.368. The average molecular weight is 357 g/mol. The van der Waals surface area contributed by atoms with Crippen molar-refractivity contribution in [1.82, 2.24) is 9.62 Å². The molecule has 132 valence electrons. The van der Waals surface area contributed by atoms with E-state index in [9.17, 15) is 8.42 Å². The van der Waals surface area contributed by atoms with Gasteiger partial charge < -0.3 is 5.32 Å². The molecule has 1 saturated carbocycles. The van der Waals surface area contributed by atoms with Gasteiger partial charge >= 0.3 is 10.2 Å². The van der Waals surface area contributed by atoms with Crippen LogP contribution >= 0.6 is 0 Å². The molecule has 1 aliphatic heterocycles. The zero-order valence-electron chi connectivity index (χ0n) is 14.1. The first-order valence-electron chi connectivity index (χ1n) is 8.81. The number of piperazine rings is 1. The molecule has 2 fully saturated rings. The molecule has 5 nitrogen and oxygen atoms in total. The maximum Gasteiger partial charge on any atom is 0.301 e. The van der Waals surface area contributed by atoms with Crippen LogP contribution in [0.1, 0.15) is 24.3 Å². The molecule has 25 heavy (non-hydrogen) atoms. The molecule has 2 N–H and O–H groups in total. The van der Waals surface area contributed by atoms with Crippen LogP contribution < -0.4 is 10.0 Å². The molecule has 6 heteroatoms. The summed E-state index contributed by atoms with van der Waals surface area (Å²) in [6.45, 7) is 2.37. The second-order valence-corrected chi connectivity index (χ2v) is 8.40. The van der Waals surface area contributed by atoms with Gasteiger partial charge in [-0.2, -0.15) is 12.7 Å². The van der Waals surface area contributed by atoms with Crippen LogP contribution in [0, 0.1) is 0 Å². The lowest BCUT2D eigenvalue weighted by molar-refractivity contribution is 0.362. The molecule has 2 aromatic rings. The lowest BCUT2D eigenvalue weighted by atomic mass is 10.0. The van der Waals surface area contributed by atoms with Crippen molar-refractivity contribution in [1.29, 1.82) is 0 Å². The predicted octanol–water partition coefficient (Wildman–Crippen LogP) is 2.79. The molecular weight excluding hydrogens is 334 g/mol. The van der Waals surface area contributed by atoms with E-state index < -0.39 is 10.2 Å². The minimum Gasteiger partial charge on any atom is -0.314 e. The van der Waals surface area contributed by atoms with Gasteiger partial charge in [0, 0.05) is 26.2 Å². The van der Waals surface area contributed by atoms with Gasteiger partial charge in [-0.3, -0.25) is 4.72 Å². The number of benzene rings is 2. The normalized spacial score (nSPS) is 18.9. The third-order valence-corrected chi connectivity index (χ3v) is 6.36. The Kier molecular flexibility index (Phi) is 4.50. The Morgan fingerprint density at radius 1 is 0.960 bits per heavy atom. The van der Waals surface area contributed by atoms with Gasteiger partial charge in [0.05, 0.1) is 5.69 Å². The summed E-state index contributed by atoms with van der Waals surface area (Å²) in [6.07, 6.45) is 2.59. The highest BCUT2D eigenvalue weighted by Crippen LogP contribution is 2.40. The van der Waals surface area contributed by atoms with E-state index in [2.05, 4.69) is 34.3 Å². The summed E-state index contributed by atoms with van der Waals surface area (Å²) in [6, 6.07) is 16.2. The Morgan fingerprint density at radius 3 is 2.36 bits per heavy atom. The van der Waals surface area contributed by atoms with E-state index in [-0.39, 0.29) is 0 Å². The van der Waals surface area contributed by atoms with Gasteiger partial charge in [-0.05, 0) is 47.6 Å². The molecule has 0 atom stereocenters. The van der Waals surface area contributed by atoms with Crippen molar-refractivity contribution < 1.29 is 8.42 Å². The van der Waals surface area contributed by atoms with Crippen molar-refractivity contribution in [3.8, 4) is 11.1 Å². The van der Waals surface area contributed by atoms with Crippen molar-refractivity contribution in [3.63, 3.8) is 0 Å². The van der Waals surface area contributed by atoms with Crippen molar-refractivity contribution in [2.75, 3.05) is 30.9 Å². The molecule has 0 aromatic heterocycles. The molecule has 2 aliphatic rings. The fourth-order valence-electron chi connectivity index (χ4n) is 3.22. The average Bonchev–Trinajstić information content (AvgIpc) is 3.48. The Balaban J connectivity index is 1.52. The summed E-state index contributed by atoms with van der Waals surface area (Å²) in [4.78, 5) is 0. The van der Waals surface area contributed by atoms with E-state index in [4.69, 9.17) is 0 Å². The van der Waals surface area contributed by atoms with Gasteiger partial charge in [0.25, 0.3) is 0 Å². The van der Waals surface area contributed by atoms with E-state index in [0.717, 1.165) is 17.0 Å². The van der Waals surface area contributed by atoms with Gasteiger partial charge in [0.15, 0.2) is 0 Å². The highest BCUT2D eigenvalue weighted by Gasteiger charge is 2.24. The number of anilines is 1.